The van der Waals surface area contributed by atoms with Crippen LogP contribution >= 0.6 is 0 Å². The van der Waals surface area contributed by atoms with Crippen molar-refractivity contribution in [3.8, 4) is 5.69 Å². The predicted octanol–water partition coefficient (Wildman–Crippen LogP) is 2.65. The van der Waals surface area contributed by atoms with Crippen LogP contribution < -0.4 is 11.4 Å². The molecule has 0 radical (unpaired) electrons. The van der Waals surface area contributed by atoms with Gasteiger partial charge in [-0.1, -0.05) is 44.5 Å². The first kappa shape index (κ1) is 18.0. The molecule has 130 valence electrons. The van der Waals surface area contributed by atoms with Gasteiger partial charge < -0.3 is 4.74 Å². The third-order valence-corrected chi connectivity index (χ3v) is 4.27. The van der Waals surface area contributed by atoms with Crippen LogP contribution in [0.3, 0.4) is 0 Å². The molecule has 24 heavy (non-hydrogen) atoms. The molecule has 1 aromatic carbocycles. The Hall–Kier alpha value is -2.34. The Morgan fingerprint density at radius 2 is 1.96 bits per heavy atom. The zero-order valence-electron chi connectivity index (χ0n) is 14.5. The summed E-state index contributed by atoms with van der Waals surface area (Å²) >= 11 is 0. The second-order valence-electron chi connectivity index (χ2n) is 5.86. The molecule has 1 N–H and O–H groups in total. The molecule has 2 atom stereocenters. The Kier molecular flexibility index (Phi) is 5.98. The highest BCUT2D eigenvalue weighted by Crippen LogP contribution is 2.22. The summed E-state index contributed by atoms with van der Waals surface area (Å²) in [5.74, 6) is 0. The van der Waals surface area contributed by atoms with E-state index in [2.05, 4.69) is 18.6 Å². The molecule has 0 aliphatic rings. The number of hydrogen-bond donors (Lipinski definition) is 1. The molecule has 1 heterocycles. The number of aromatic amines is 1. The summed E-state index contributed by atoms with van der Waals surface area (Å²) in [5, 5.41) is 2.62. The summed E-state index contributed by atoms with van der Waals surface area (Å²) in [7, 11) is 1.64. The van der Waals surface area contributed by atoms with Gasteiger partial charge in [-0.3, -0.25) is 0 Å². The van der Waals surface area contributed by atoms with Crippen LogP contribution in [0.1, 0.15) is 39.2 Å². The van der Waals surface area contributed by atoms with E-state index in [0.717, 1.165) is 29.4 Å². The lowest BCUT2D eigenvalue weighted by atomic mass is 10.00. The summed E-state index contributed by atoms with van der Waals surface area (Å²) < 4.78 is 7.94. The summed E-state index contributed by atoms with van der Waals surface area (Å²) in [6.07, 6.45) is 2.77. The Bertz CT molecular complexity index is 786. The van der Waals surface area contributed by atoms with Crippen LogP contribution in [-0.4, -0.2) is 27.6 Å². The number of ether oxygens (including phenoxy) is 1. The quantitative estimate of drug-likeness (QED) is 0.756. The van der Waals surface area contributed by atoms with Crippen molar-refractivity contribution in [2.45, 2.75) is 45.3 Å². The van der Waals surface area contributed by atoms with Crippen molar-refractivity contribution in [2.75, 3.05) is 7.11 Å². The van der Waals surface area contributed by atoms with Crippen LogP contribution in [-0.2, 0) is 4.74 Å². The topological polar surface area (TPSA) is 69.0 Å². The van der Waals surface area contributed by atoms with Crippen LogP contribution in [0.2, 0.25) is 0 Å². The van der Waals surface area contributed by atoms with E-state index in [9.17, 15) is 9.59 Å². The first-order valence-electron chi connectivity index (χ1n) is 8.21. The highest BCUT2D eigenvalue weighted by molar-refractivity contribution is 5.30. The van der Waals surface area contributed by atoms with E-state index in [0.29, 0.717) is 5.69 Å². The maximum absolute atomic E-state index is 12.7. The lowest BCUT2D eigenvalue weighted by Crippen LogP contribution is -2.31. The fourth-order valence-electron chi connectivity index (χ4n) is 2.74. The van der Waals surface area contributed by atoms with E-state index in [1.807, 2.05) is 13.0 Å². The van der Waals surface area contributed by atoms with Gasteiger partial charge in [0, 0.05) is 7.11 Å². The lowest BCUT2D eigenvalue weighted by Gasteiger charge is -2.23. The van der Waals surface area contributed by atoms with E-state index >= 15 is 0 Å². The number of para-hydroxylation sites is 1. The molecule has 6 heteroatoms. The molecular formula is C18H25N3O3. The summed E-state index contributed by atoms with van der Waals surface area (Å²) in [4.78, 5) is 24.9. The Morgan fingerprint density at radius 3 is 2.54 bits per heavy atom. The van der Waals surface area contributed by atoms with Crippen molar-refractivity contribution in [1.82, 2.24) is 14.3 Å². The number of nitrogens with zero attached hydrogens (tertiary/aromatic N) is 2. The Labute approximate surface area is 141 Å². The maximum atomic E-state index is 12.7. The lowest BCUT2D eigenvalue weighted by molar-refractivity contribution is 0.113. The molecule has 1 aromatic heterocycles. The van der Waals surface area contributed by atoms with Gasteiger partial charge in [0.2, 0.25) is 0 Å². The highest BCUT2D eigenvalue weighted by Gasteiger charge is 2.22. The predicted molar refractivity (Wildman–Crippen MR) is 94.8 cm³/mol. The molecule has 0 saturated heterocycles. The largest absolute Gasteiger partial charge is 0.377 e. The molecule has 0 amide bonds. The average Bonchev–Trinajstić information content (AvgIpc) is 2.90. The molecule has 2 aromatic rings. The minimum atomic E-state index is -0.464. The van der Waals surface area contributed by atoms with Crippen LogP contribution in [0.25, 0.3) is 5.69 Å². The number of H-pyrrole nitrogens is 1. The number of methoxy groups -OCH3 is 1. The molecule has 0 aliphatic carbocycles. The number of benzene rings is 1. The molecule has 0 fully saturated rings. The third-order valence-electron chi connectivity index (χ3n) is 4.27. The van der Waals surface area contributed by atoms with Crippen molar-refractivity contribution >= 4 is 0 Å². The van der Waals surface area contributed by atoms with Crippen LogP contribution in [0.4, 0.5) is 0 Å². The summed E-state index contributed by atoms with van der Waals surface area (Å²) in [5.41, 5.74) is 0.433. The van der Waals surface area contributed by atoms with E-state index in [-0.39, 0.29) is 12.1 Å². The summed E-state index contributed by atoms with van der Waals surface area (Å²) in [6, 6.07) is 8.48. The Balaban J connectivity index is 2.34. The van der Waals surface area contributed by atoms with E-state index in [1.165, 1.54) is 4.68 Å². The normalized spacial score (nSPS) is 13.6. The molecule has 0 unspecified atom stereocenters. The fourth-order valence-corrected chi connectivity index (χ4v) is 2.74. The van der Waals surface area contributed by atoms with Gasteiger partial charge in [0.1, 0.15) is 0 Å². The van der Waals surface area contributed by atoms with Gasteiger partial charge in [0.25, 0.3) is 0 Å². The molecular weight excluding hydrogens is 306 g/mol. The zero-order valence-corrected chi connectivity index (χ0v) is 14.5. The van der Waals surface area contributed by atoms with Crippen molar-refractivity contribution in [1.29, 1.82) is 0 Å². The average molecular weight is 331 g/mol. The first-order valence-corrected chi connectivity index (χ1v) is 8.21. The van der Waals surface area contributed by atoms with Crippen molar-refractivity contribution in [3.05, 3.63) is 63.5 Å². The van der Waals surface area contributed by atoms with Crippen LogP contribution in [0.5, 0.6) is 0 Å². The Morgan fingerprint density at radius 1 is 1.29 bits per heavy atom. The number of rotatable bonds is 8. The SMILES string of the molecule is C=C([C@H](CCCC)OC)[C@H](C)n1[nH]c(=O)n(-c2ccccc2)c1=O. The number of aromatic nitrogens is 3. The van der Waals surface area contributed by atoms with E-state index in [1.54, 1.807) is 31.4 Å². The minimum Gasteiger partial charge on any atom is -0.377 e. The molecule has 0 spiro atoms. The van der Waals surface area contributed by atoms with Gasteiger partial charge in [0.05, 0.1) is 17.8 Å². The van der Waals surface area contributed by atoms with Gasteiger partial charge >= 0.3 is 11.4 Å². The number of nitrogens with one attached hydrogen (secondary N) is 1. The van der Waals surface area contributed by atoms with Crippen molar-refractivity contribution in [3.63, 3.8) is 0 Å². The van der Waals surface area contributed by atoms with E-state index < -0.39 is 11.4 Å². The van der Waals surface area contributed by atoms with Crippen molar-refractivity contribution < 1.29 is 4.74 Å². The molecule has 6 nitrogen and oxygen atoms in total. The van der Waals surface area contributed by atoms with Gasteiger partial charge in [-0.25, -0.2) is 23.9 Å². The second kappa shape index (κ2) is 7.97. The highest BCUT2D eigenvalue weighted by atomic mass is 16.5. The zero-order chi connectivity index (χ0) is 17.7. The molecule has 0 bridgehead atoms. The van der Waals surface area contributed by atoms with Gasteiger partial charge in [-0.05, 0) is 31.1 Å². The molecule has 2 rings (SSSR count). The fraction of sp³-hybridized carbons (Fsp3) is 0.444. The standard InChI is InChI=1S/C18H25N3O3/c1-5-6-12-16(24-4)13(2)14(3)21-18(23)20(17(22)19-21)15-10-8-7-9-11-15/h7-11,14,16H,2,5-6,12H2,1,3-4H3,(H,19,22)/t14-,16-/m0/s1. The van der Waals surface area contributed by atoms with Gasteiger partial charge in [-0.15, -0.1) is 0 Å². The summed E-state index contributed by atoms with van der Waals surface area (Å²) in [6.45, 7) is 8.04. The maximum Gasteiger partial charge on any atom is 0.352 e. The third kappa shape index (κ3) is 3.59. The molecule has 0 saturated carbocycles. The van der Waals surface area contributed by atoms with Crippen LogP contribution in [0.15, 0.2) is 52.1 Å². The number of hydrogen-bond acceptors (Lipinski definition) is 3. The van der Waals surface area contributed by atoms with Crippen LogP contribution in [0, 0.1) is 0 Å². The first-order chi connectivity index (χ1) is 11.5. The molecule has 0 aliphatic heterocycles. The van der Waals surface area contributed by atoms with Crippen molar-refractivity contribution in [2.24, 2.45) is 0 Å². The minimum absolute atomic E-state index is 0.143. The smallest absolute Gasteiger partial charge is 0.352 e. The second-order valence-corrected chi connectivity index (χ2v) is 5.86. The monoisotopic (exact) mass is 331 g/mol. The van der Waals surface area contributed by atoms with Gasteiger partial charge in [0.15, 0.2) is 0 Å². The van der Waals surface area contributed by atoms with Gasteiger partial charge in [-0.2, -0.15) is 0 Å². The number of unbranched alkanes of at least 4 members (excludes halogenated alkanes) is 1. The van der Waals surface area contributed by atoms with E-state index in [4.69, 9.17) is 4.74 Å².